The fourth-order valence-corrected chi connectivity index (χ4v) is 3.30. The van der Waals surface area contributed by atoms with Gasteiger partial charge in [0.15, 0.2) is 0 Å². The van der Waals surface area contributed by atoms with E-state index in [0.717, 1.165) is 37.2 Å². The van der Waals surface area contributed by atoms with Crippen molar-refractivity contribution in [3.8, 4) is 17.4 Å². The molecule has 7 nitrogen and oxygen atoms in total. The Balaban J connectivity index is 1.43. The monoisotopic (exact) mass is 363 g/mol. The van der Waals surface area contributed by atoms with Crippen molar-refractivity contribution >= 4 is 11.6 Å². The Kier molecular flexibility index (Phi) is 4.82. The lowest BCUT2D eigenvalue weighted by atomic mass is 10.1. The van der Waals surface area contributed by atoms with Crippen molar-refractivity contribution in [3.05, 3.63) is 54.9 Å². The van der Waals surface area contributed by atoms with Crippen molar-refractivity contribution in [1.82, 2.24) is 19.5 Å². The largest absolute Gasteiger partial charge is 0.439 e. The maximum atomic E-state index is 12.2. The van der Waals surface area contributed by atoms with Gasteiger partial charge < -0.3 is 10.1 Å². The van der Waals surface area contributed by atoms with Crippen molar-refractivity contribution in [2.45, 2.75) is 32.6 Å². The topological polar surface area (TPSA) is 81.9 Å². The zero-order chi connectivity index (χ0) is 18.6. The van der Waals surface area contributed by atoms with Crippen molar-refractivity contribution in [2.24, 2.45) is 5.92 Å². The molecule has 0 spiro atoms. The number of hydrogen-bond donors (Lipinski definition) is 1. The summed E-state index contributed by atoms with van der Waals surface area (Å²) in [5, 5.41) is 2.98. The standard InChI is InChI=1S/C20H21N5O2/c1-14-21-10-11-25(14)18-12-19(23-13-22-18)27-17-8-6-16(7-9-17)24-20(26)15-4-2-3-5-15/h6-13,15H,2-5H2,1H3,(H,24,26). The maximum Gasteiger partial charge on any atom is 0.227 e. The highest BCUT2D eigenvalue weighted by molar-refractivity contribution is 5.92. The van der Waals surface area contributed by atoms with E-state index in [9.17, 15) is 4.79 Å². The molecule has 0 atom stereocenters. The zero-order valence-electron chi connectivity index (χ0n) is 15.1. The number of carbonyl (C=O) groups excluding carboxylic acids is 1. The van der Waals surface area contributed by atoms with Crippen LogP contribution in [0.4, 0.5) is 5.69 Å². The van der Waals surface area contributed by atoms with E-state index in [2.05, 4.69) is 20.3 Å². The maximum absolute atomic E-state index is 12.2. The molecule has 2 heterocycles. The highest BCUT2D eigenvalue weighted by atomic mass is 16.5. The Labute approximate surface area is 157 Å². The van der Waals surface area contributed by atoms with E-state index in [-0.39, 0.29) is 11.8 Å². The molecule has 0 unspecified atom stereocenters. The van der Waals surface area contributed by atoms with E-state index >= 15 is 0 Å². The zero-order valence-corrected chi connectivity index (χ0v) is 15.1. The molecule has 0 radical (unpaired) electrons. The SMILES string of the molecule is Cc1nccn1-c1cc(Oc2ccc(NC(=O)C3CCCC3)cc2)ncn1. The van der Waals surface area contributed by atoms with Crippen molar-refractivity contribution in [2.75, 3.05) is 5.32 Å². The number of rotatable bonds is 5. The summed E-state index contributed by atoms with van der Waals surface area (Å²) in [6, 6.07) is 9.06. The molecular weight excluding hydrogens is 342 g/mol. The van der Waals surface area contributed by atoms with Gasteiger partial charge in [-0.1, -0.05) is 12.8 Å². The number of carbonyl (C=O) groups is 1. The Hall–Kier alpha value is -3.22. The van der Waals surface area contributed by atoms with Gasteiger partial charge in [-0.25, -0.2) is 15.0 Å². The first-order valence-corrected chi connectivity index (χ1v) is 9.10. The first kappa shape index (κ1) is 17.2. The Bertz CT molecular complexity index is 930. The molecule has 1 fully saturated rings. The number of nitrogens with one attached hydrogen (secondary N) is 1. The van der Waals surface area contributed by atoms with Gasteiger partial charge in [0.25, 0.3) is 0 Å². The van der Waals surface area contributed by atoms with Gasteiger partial charge in [-0.2, -0.15) is 0 Å². The minimum absolute atomic E-state index is 0.109. The molecule has 2 aromatic heterocycles. The van der Waals surface area contributed by atoms with Gasteiger partial charge in [0.1, 0.15) is 23.7 Å². The van der Waals surface area contributed by atoms with E-state index in [1.54, 1.807) is 12.3 Å². The summed E-state index contributed by atoms with van der Waals surface area (Å²) in [7, 11) is 0. The quantitative estimate of drug-likeness (QED) is 0.744. The van der Waals surface area contributed by atoms with Crippen LogP contribution in [0, 0.1) is 12.8 Å². The Morgan fingerprint density at radius 2 is 1.93 bits per heavy atom. The molecule has 3 aromatic rings. The van der Waals surface area contributed by atoms with Gasteiger partial charge in [-0.15, -0.1) is 0 Å². The lowest BCUT2D eigenvalue weighted by Gasteiger charge is -2.11. The summed E-state index contributed by atoms with van der Waals surface area (Å²) in [6.07, 6.45) is 9.27. The highest BCUT2D eigenvalue weighted by Gasteiger charge is 2.22. The van der Waals surface area contributed by atoms with Gasteiger partial charge in [0, 0.05) is 30.1 Å². The number of ether oxygens (including phenoxy) is 1. The van der Waals surface area contributed by atoms with Crippen molar-refractivity contribution in [3.63, 3.8) is 0 Å². The molecule has 1 N–H and O–H groups in total. The summed E-state index contributed by atoms with van der Waals surface area (Å²) in [5.74, 6) is 2.86. The summed E-state index contributed by atoms with van der Waals surface area (Å²) in [4.78, 5) is 24.8. The molecule has 4 rings (SSSR count). The number of imidazole rings is 1. The van der Waals surface area contributed by atoms with Crippen LogP contribution in [-0.2, 0) is 4.79 Å². The molecule has 138 valence electrons. The summed E-state index contributed by atoms with van der Waals surface area (Å²) in [5.41, 5.74) is 0.775. The third kappa shape index (κ3) is 3.97. The van der Waals surface area contributed by atoms with Crippen LogP contribution in [0.2, 0.25) is 0 Å². The van der Waals surface area contributed by atoms with Crippen LogP contribution < -0.4 is 10.1 Å². The number of amides is 1. The number of benzene rings is 1. The molecule has 7 heteroatoms. The minimum atomic E-state index is 0.109. The molecule has 1 saturated carbocycles. The summed E-state index contributed by atoms with van der Waals surface area (Å²) < 4.78 is 7.68. The second kappa shape index (κ2) is 7.57. The summed E-state index contributed by atoms with van der Waals surface area (Å²) in [6.45, 7) is 1.90. The highest BCUT2D eigenvalue weighted by Crippen LogP contribution is 2.27. The third-order valence-corrected chi connectivity index (χ3v) is 4.77. The predicted octanol–water partition coefficient (Wildman–Crippen LogP) is 3.89. The molecule has 0 bridgehead atoms. The fourth-order valence-electron chi connectivity index (χ4n) is 3.30. The van der Waals surface area contributed by atoms with Gasteiger partial charge in [0.05, 0.1) is 0 Å². The van der Waals surface area contributed by atoms with E-state index in [1.165, 1.54) is 6.33 Å². The first-order chi connectivity index (χ1) is 13.2. The second-order valence-electron chi connectivity index (χ2n) is 6.66. The van der Waals surface area contributed by atoms with E-state index in [1.807, 2.05) is 42.0 Å². The van der Waals surface area contributed by atoms with Crippen LogP contribution in [0.25, 0.3) is 5.82 Å². The smallest absolute Gasteiger partial charge is 0.227 e. The number of aryl methyl sites for hydroxylation is 1. The van der Waals surface area contributed by atoms with E-state index < -0.39 is 0 Å². The van der Waals surface area contributed by atoms with Gasteiger partial charge in [-0.05, 0) is 44.0 Å². The lowest BCUT2D eigenvalue weighted by molar-refractivity contribution is -0.119. The van der Waals surface area contributed by atoms with Crippen LogP contribution >= 0.6 is 0 Å². The number of anilines is 1. The lowest BCUT2D eigenvalue weighted by Crippen LogP contribution is -2.20. The van der Waals surface area contributed by atoms with Crippen LogP contribution in [0.3, 0.4) is 0 Å². The number of nitrogens with zero attached hydrogens (tertiary/aromatic N) is 4. The number of aromatic nitrogens is 4. The van der Waals surface area contributed by atoms with Crippen LogP contribution in [0.15, 0.2) is 49.1 Å². The molecule has 1 aliphatic carbocycles. The van der Waals surface area contributed by atoms with E-state index in [4.69, 9.17) is 4.74 Å². The van der Waals surface area contributed by atoms with Crippen LogP contribution in [0.1, 0.15) is 31.5 Å². The predicted molar refractivity (Wildman–Crippen MR) is 101 cm³/mol. The molecule has 27 heavy (non-hydrogen) atoms. The number of hydrogen-bond acceptors (Lipinski definition) is 5. The average molecular weight is 363 g/mol. The van der Waals surface area contributed by atoms with E-state index in [0.29, 0.717) is 17.4 Å². The fraction of sp³-hybridized carbons (Fsp3) is 0.300. The van der Waals surface area contributed by atoms with Crippen molar-refractivity contribution < 1.29 is 9.53 Å². The Morgan fingerprint density at radius 3 is 2.63 bits per heavy atom. The Morgan fingerprint density at radius 1 is 1.15 bits per heavy atom. The van der Waals surface area contributed by atoms with Crippen molar-refractivity contribution in [1.29, 1.82) is 0 Å². The molecule has 0 aliphatic heterocycles. The normalized spacial score (nSPS) is 14.3. The van der Waals surface area contributed by atoms with Gasteiger partial charge in [-0.3, -0.25) is 9.36 Å². The van der Waals surface area contributed by atoms with Gasteiger partial charge in [0.2, 0.25) is 11.8 Å². The molecule has 1 aliphatic rings. The second-order valence-corrected chi connectivity index (χ2v) is 6.66. The third-order valence-electron chi connectivity index (χ3n) is 4.77. The first-order valence-electron chi connectivity index (χ1n) is 9.10. The molecule has 1 aromatic carbocycles. The van der Waals surface area contributed by atoms with Gasteiger partial charge >= 0.3 is 0 Å². The summed E-state index contributed by atoms with van der Waals surface area (Å²) >= 11 is 0. The molecule has 1 amide bonds. The van der Waals surface area contributed by atoms with Crippen LogP contribution in [0.5, 0.6) is 11.6 Å². The molecular formula is C20H21N5O2. The average Bonchev–Trinajstić information content (AvgIpc) is 3.35. The molecule has 0 saturated heterocycles. The van der Waals surface area contributed by atoms with Crippen LogP contribution in [-0.4, -0.2) is 25.4 Å². The minimum Gasteiger partial charge on any atom is -0.439 e.